The van der Waals surface area contributed by atoms with Gasteiger partial charge in [-0.25, -0.2) is 0 Å². The van der Waals surface area contributed by atoms with Crippen LogP contribution in [0.5, 0.6) is 0 Å². The third kappa shape index (κ3) is 3.41. The zero-order valence-corrected chi connectivity index (χ0v) is 10.2. The fourth-order valence-corrected chi connectivity index (χ4v) is 1.82. The summed E-state index contributed by atoms with van der Waals surface area (Å²) in [4.78, 5) is 11.3. The summed E-state index contributed by atoms with van der Waals surface area (Å²) < 4.78 is 0. The molecule has 17 heavy (non-hydrogen) atoms. The molecule has 2 rings (SSSR count). The van der Waals surface area contributed by atoms with Gasteiger partial charge in [0.05, 0.1) is 0 Å². The van der Waals surface area contributed by atoms with Gasteiger partial charge in [0.2, 0.25) is 0 Å². The number of carbonyl (C=O) groups is 1. The third-order valence-corrected chi connectivity index (χ3v) is 2.90. The number of carbonyl (C=O) groups excluding carboxylic acids is 1. The van der Waals surface area contributed by atoms with Gasteiger partial charge in [-0.05, 0) is 31.4 Å². The van der Waals surface area contributed by atoms with Crippen LogP contribution in [0.2, 0.25) is 0 Å². The molecule has 1 atom stereocenters. The number of aromatic nitrogens is 2. The molecule has 0 aliphatic heterocycles. The molecule has 2 N–H and O–H groups in total. The molecule has 0 spiro atoms. The molecule has 1 saturated carbocycles. The molecule has 5 nitrogen and oxygen atoms in total. The van der Waals surface area contributed by atoms with Crippen LogP contribution in [0.15, 0.2) is 12.1 Å². The average Bonchev–Trinajstić information content (AvgIpc) is 3.12. The van der Waals surface area contributed by atoms with Crippen LogP contribution in [-0.2, 0) is 0 Å². The first-order valence-electron chi connectivity index (χ1n) is 6.01. The lowest BCUT2D eigenvalue weighted by Gasteiger charge is -2.13. The molecule has 1 unspecified atom stereocenters. The van der Waals surface area contributed by atoms with Gasteiger partial charge in [-0.15, -0.1) is 10.2 Å². The SMILES string of the molecule is CNC(=O)c1ccc(NC(C)CC2CC2)nn1. The summed E-state index contributed by atoms with van der Waals surface area (Å²) in [5, 5.41) is 13.7. The van der Waals surface area contributed by atoms with Crippen molar-refractivity contribution in [3.05, 3.63) is 17.8 Å². The topological polar surface area (TPSA) is 66.9 Å². The molecule has 1 aromatic heterocycles. The van der Waals surface area contributed by atoms with Gasteiger partial charge in [-0.1, -0.05) is 12.8 Å². The maximum absolute atomic E-state index is 11.3. The van der Waals surface area contributed by atoms with Crippen LogP contribution < -0.4 is 10.6 Å². The fraction of sp³-hybridized carbons (Fsp3) is 0.583. The highest BCUT2D eigenvalue weighted by Crippen LogP contribution is 2.33. The Kier molecular flexibility index (Phi) is 3.56. The zero-order chi connectivity index (χ0) is 12.3. The van der Waals surface area contributed by atoms with Crippen LogP contribution in [0.3, 0.4) is 0 Å². The van der Waals surface area contributed by atoms with Crippen molar-refractivity contribution < 1.29 is 4.79 Å². The normalized spacial score (nSPS) is 16.4. The summed E-state index contributed by atoms with van der Waals surface area (Å²) in [7, 11) is 1.58. The summed E-state index contributed by atoms with van der Waals surface area (Å²) in [6.07, 6.45) is 3.89. The number of nitrogens with one attached hydrogen (secondary N) is 2. The first-order chi connectivity index (χ1) is 8.19. The Hall–Kier alpha value is -1.65. The number of anilines is 1. The van der Waals surface area contributed by atoms with Crippen molar-refractivity contribution in [1.82, 2.24) is 15.5 Å². The monoisotopic (exact) mass is 234 g/mol. The first-order valence-corrected chi connectivity index (χ1v) is 6.01. The maximum Gasteiger partial charge on any atom is 0.271 e. The van der Waals surface area contributed by atoms with E-state index in [9.17, 15) is 4.79 Å². The minimum absolute atomic E-state index is 0.213. The lowest BCUT2D eigenvalue weighted by Crippen LogP contribution is -2.21. The van der Waals surface area contributed by atoms with E-state index in [1.165, 1.54) is 19.3 Å². The second-order valence-electron chi connectivity index (χ2n) is 4.61. The number of hydrogen-bond acceptors (Lipinski definition) is 4. The molecule has 0 bridgehead atoms. The summed E-state index contributed by atoms with van der Waals surface area (Å²) in [6, 6.07) is 3.88. The Morgan fingerprint density at radius 1 is 1.47 bits per heavy atom. The fourth-order valence-electron chi connectivity index (χ4n) is 1.82. The van der Waals surface area contributed by atoms with Crippen LogP contribution in [-0.4, -0.2) is 29.2 Å². The summed E-state index contributed by atoms with van der Waals surface area (Å²) in [5.74, 6) is 1.40. The molecular weight excluding hydrogens is 216 g/mol. The molecule has 1 heterocycles. The molecule has 0 radical (unpaired) electrons. The van der Waals surface area contributed by atoms with Crippen LogP contribution in [0.25, 0.3) is 0 Å². The first kappa shape index (κ1) is 11.8. The van der Waals surface area contributed by atoms with E-state index in [4.69, 9.17) is 0 Å². The van der Waals surface area contributed by atoms with Crippen molar-refractivity contribution in [1.29, 1.82) is 0 Å². The van der Waals surface area contributed by atoms with Gasteiger partial charge in [-0.2, -0.15) is 0 Å². The van der Waals surface area contributed by atoms with E-state index < -0.39 is 0 Å². The van der Waals surface area contributed by atoms with Gasteiger partial charge in [0.15, 0.2) is 5.69 Å². The van der Waals surface area contributed by atoms with E-state index in [0.29, 0.717) is 11.7 Å². The number of nitrogens with zero attached hydrogens (tertiary/aromatic N) is 2. The Balaban J connectivity index is 1.90. The van der Waals surface area contributed by atoms with Crippen LogP contribution >= 0.6 is 0 Å². The summed E-state index contributed by atoms with van der Waals surface area (Å²) in [6.45, 7) is 2.15. The molecular formula is C12H18N4O. The molecule has 92 valence electrons. The summed E-state index contributed by atoms with van der Waals surface area (Å²) in [5.41, 5.74) is 0.341. The maximum atomic E-state index is 11.3. The third-order valence-electron chi connectivity index (χ3n) is 2.90. The highest BCUT2D eigenvalue weighted by atomic mass is 16.1. The van der Waals surface area contributed by atoms with Crippen LogP contribution in [0.4, 0.5) is 5.82 Å². The van der Waals surface area contributed by atoms with Crippen molar-refractivity contribution in [2.75, 3.05) is 12.4 Å². The Labute approximate surface area is 101 Å². The van der Waals surface area contributed by atoms with Crippen molar-refractivity contribution in [3.63, 3.8) is 0 Å². The van der Waals surface area contributed by atoms with Gasteiger partial charge in [-0.3, -0.25) is 4.79 Å². The van der Waals surface area contributed by atoms with E-state index in [1.807, 2.05) is 0 Å². The van der Waals surface area contributed by atoms with Gasteiger partial charge in [0.1, 0.15) is 5.82 Å². The van der Waals surface area contributed by atoms with E-state index in [1.54, 1.807) is 19.2 Å². The predicted molar refractivity (Wildman–Crippen MR) is 65.8 cm³/mol. The summed E-state index contributed by atoms with van der Waals surface area (Å²) >= 11 is 0. The van der Waals surface area contributed by atoms with Gasteiger partial charge in [0.25, 0.3) is 5.91 Å². The number of amides is 1. The molecule has 5 heteroatoms. The molecule has 1 aliphatic rings. The number of rotatable bonds is 5. The molecule has 1 aromatic rings. The van der Waals surface area contributed by atoms with E-state index >= 15 is 0 Å². The van der Waals surface area contributed by atoms with Crippen molar-refractivity contribution >= 4 is 11.7 Å². The molecule has 0 aromatic carbocycles. The lowest BCUT2D eigenvalue weighted by molar-refractivity contribution is 0.0957. The highest BCUT2D eigenvalue weighted by molar-refractivity contribution is 5.91. The average molecular weight is 234 g/mol. The molecule has 1 fully saturated rings. The quantitative estimate of drug-likeness (QED) is 0.809. The largest absolute Gasteiger partial charge is 0.366 e. The van der Waals surface area contributed by atoms with E-state index in [-0.39, 0.29) is 5.91 Å². The Morgan fingerprint density at radius 2 is 2.24 bits per heavy atom. The van der Waals surface area contributed by atoms with Crippen LogP contribution in [0, 0.1) is 5.92 Å². The van der Waals surface area contributed by atoms with E-state index in [2.05, 4.69) is 27.8 Å². The van der Waals surface area contributed by atoms with Gasteiger partial charge >= 0.3 is 0 Å². The van der Waals surface area contributed by atoms with Crippen LogP contribution in [0.1, 0.15) is 36.7 Å². The lowest BCUT2D eigenvalue weighted by atomic mass is 10.1. The van der Waals surface area contributed by atoms with E-state index in [0.717, 1.165) is 11.7 Å². The minimum atomic E-state index is -0.213. The van der Waals surface area contributed by atoms with Crippen molar-refractivity contribution in [2.24, 2.45) is 5.92 Å². The second-order valence-corrected chi connectivity index (χ2v) is 4.61. The predicted octanol–water partition coefficient (Wildman–Crippen LogP) is 1.44. The van der Waals surface area contributed by atoms with Crippen molar-refractivity contribution in [2.45, 2.75) is 32.2 Å². The molecule has 0 saturated heterocycles. The van der Waals surface area contributed by atoms with Gasteiger partial charge < -0.3 is 10.6 Å². The highest BCUT2D eigenvalue weighted by Gasteiger charge is 2.23. The smallest absolute Gasteiger partial charge is 0.271 e. The molecule has 1 aliphatic carbocycles. The standard InChI is InChI=1S/C12H18N4O/c1-8(7-9-3-4-9)14-11-6-5-10(15-16-11)12(17)13-2/h5-6,8-9H,3-4,7H2,1-2H3,(H,13,17)(H,14,16). The molecule has 1 amide bonds. The Bertz CT molecular complexity index is 386. The van der Waals surface area contributed by atoms with Gasteiger partial charge in [0, 0.05) is 13.1 Å². The minimum Gasteiger partial charge on any atom is -0.366 e. The second kappa shape index (κ2) is 5.12. The zero-order valence-electron chi connectivity index (χ0n) is 10.2. The van der Waals surface area contributed by atoms with Crippen molar-refractivity contribution in [3.8, 4) is 0 Å². The Morgan fingerprint density at radius 3 is 2.76 bits per heavy atom. The number of hydrogen-bond donors (Lipinski definition) is 2.